The molecule has 1 aliphatic carbocycles. The molecule has 1 saturated carbocycles. The van der Waals surface area contributed by atoms with Crippen LogP contribution in [0.4, 0.5) is 0 Å². The highest BCUT2D eigenvalue weighted by atomic mass is 16.5. The molecule has 0 aromatic carbocycles. The van der Waals surface area contributed by atoms with E-state index in [0.29, 0.717) is 25.6 Å². The van der Waals surface area contributed by atoms with E-state index in [9.17, 15) is 9.59 Å². The Morgan fingerprint density at radius 1 is 1.04 bits per heavy atom. The summed E-state index contributed by atoms with van der Waals surface area (Å²) < 4.78 is 11.0. The molecule has 0 heterocycles. The molecule has 4 nitrogen and oxygen atoms in total. The number of carbonyl (C=O) groups is 2. The van der Waals surface area contributed by atoms with Gasteiger partial charge in [0.05, 0.1) is 24.5 Å². The van der Waals surface area contributed by atoms with Gasteiger partial charge in [-0.05, 0) is 32.1 Å². The van der Waals surface area contributed by atoms with Gasteiger partial charge < -0.3 is 9.47 Å². The second kappa shape index (κ2) is 11.5. The van der Waals surface area contributed by atoms with Gasteiger partial charge in [0.2, 0.25) is 0 Å². The Kier molecular flexibility index (Phi) is 10.1. The van der Waals surface area contributed by atoms with Crippen molar-refractivity contribution < 1.29 is 19.1 Å². The fourth-order valence-corrected chi connectivity index (χ4v) is 3.52. The highest BCUT2D eigenvalue weighted by Crippen LogP contribution is 2.42. The molecule has 0 amide bonds. The van der Waals surface area contributed by atoms with Crippen LogP contribution in [0.15, 0.2) is 0 Å². The van der Waals surface area contributed by atoms with Gasteiger partial charge in [-0.25, -0.2) is 0 Å². The van der Waals surface area contributed by atoms with E-state index in [-0.39, 0.29) is 17.9 Å². The van der Waals surface area contributed by atoms with E-state index >= 15 is 0 Å². The zero-order valence-electron chi connectivity index (χ0n) is 16.8. The van der Waals surface area contributed by atoms with Crippen molar-refractivity contribution in [2.24, 2.45) is 17.3 Å². The van der Waals surface area contributed by atoms with Crippen LogP contribution >= 0.6 is 0 Å². The quantitative estimate of drug-likeness (QED) is 0.374. The molecule has 146 valence electrons. The van der Waals surface area contributed by atoms with Gasteiger partial charge >= 0.3 is 11.9 Å². The summed E-state index contributed by atoms with van der Waals surface area (Å²) in [6.07, 6.45) is 10.4. The fraction of sp³-hybridized carbons (Fsp3) is 0.905. The molecule has 0 bridgehead atoms. The van der Waals surface area contributed by atoms with E-state index in [1.54, 1.807) is 0 Å². The summed E-state index contributed by atoms with van der Waals surface area (Å²) in [5, 5.41) is 0. The van der Waals surface area contributed by atoms with Crippen LogP contribution in [-0.2, 0) is 19.1 Å². The number of esters is 2. The lowest BCUT2D eigenvalue weighted by Crippen LogP contribution is -2.44. The van der Waals surface area contributed by atoms with Crippen LogP contribution in [0.2, 0.25) is 0 Å². The number of unbranched alkanes of at least 4 members (excludes halogenated alkanes) is 5. The van der Waals surface area contributed by atoms with E-state index in [4.69, 9.17) is 9.47 Å². The topological polar surface area (TPSA) is 52.6 Å². The Bertz CT molecular complexity index is 405. The molecule has 0 N–H and O–H groups in total. The molecule has 0 spiro atoms. The van der Waals surface area contributed by atoms with Gasteiger partial charge in [-0.2, -0.15) is 0 Å². The number of carbonyl (C=O) groups excluding carboxylic acids is 2. The van der Waals surface area contributed by atoms with Crippen molar-refractivity contribution in [1.29, 1.82) is 0 Å². The molecule has 4 heteroatoms. The minimum absolute atomic E-state index is 0.211. The number of rotatable bonds is 11. The molecule has 25 heavy (non-hydrogen) atoms. The predicted molar refractivity (Wildman–Crippen MR) is 100 cm³/mol. The number of hydrogen-bond donors (Lipinski definition) is 0. The summed E-state index contributed by atoms with van der Waals surface area (Å²) >= 11 is 0. The van der Waals surface area contributed by atoms with Crippen molar-refractivity contribution in [2.75, 3.05) is 13.2 Å². The second-order valence-electron chi connectivity index (χ2n) is 8.14. The van der Waals surface area contributed by atoms with Crippen molar-refractivity contribution in [3.8, 4) is 0 Å². The lowest BCUT2D eigenvalue weighted by atomic mass is 9.67. The van der Waals surface area contributed by atoms with Gasteiger partial charge in [0.1, 0.15) is 0 Å². The van der Waals surface area contributed by atoms with Crippen LogP contribution in [0.3, 0.4) is 0 Å². The zero-order valence-corrected chi connectivity index (χ0v) is 16.8. The molecule has 2 atom stereocenters. The molecule has 0 radical (unpaired) electrons. The van der Waals surface area contributed by atoms with Gasteiger partial charge in [0.15, 0.2) is 0 Å². The van der Waals surface area contributed by atoms with Gasteiger partial charge in [0.25, 0.3) is 0 Å². The third-order valence-corrected chi connectivity index (χ3v) is 5.25. The van der Waals surface area contributed by atoms with E-state index in [2.05, 4.69) is 6.92 Å². The van der Waals surface area contributed by atoms with E-state index in [0.717, 1.165) is 32.1 Å². The first-order valence-corrected chi connectivity index (χ1v) is 10.3. The van der Waals surface area contributed by atoms with Crippen LogP contribution in [0.25, 0.3) is 0 Å². The molecular formula is C21H38O4. The fourth-order valence-electron chi connectivity index (χ4n) is 3.52. The summed E-state index contributed by atoms with van der Waals surface area (Å²) in [7, 11) is 0. The molecule has 1 fully saturated rings. The van der Waals surface area contributed by atoms with Crippen molar-refractivity contribution in [3.63, 3.8) is 0 Å². The largest absolute Gasteiger partial charge is 0.465 e. The second-order valence-corrected chi connectivity index (χ2v) is 8.14. The van der Waals surface area contributed by atoms with Gasteiger partial charge in [-0.15, -0.1) is 0 Å². The average Bonchev–Trinajstić information content (AvgIpc) is 2.58. The summed E-state index contributed by atoms with van der Waals surface area (Å²) in [5.74, 6) is -0.505. The molecule has 1 aliphatic rings. The molecule has 0 aromatic rings. The third-order valence-electron chi connectivity index (χ3n) is 5.25. The summed E-state index contributed by atoms with van der Waals surface area (Å²) in [5.41, 5.74) is -0.731. The van der Waals surface area contributed by atoms with E-state index in [1.165, 1.54) is 25.7 Å². The molecular weight excluding hydrogens is 316 g/mol. The molecule has 0 saturated heterocycles. The van der Waals surface area contributed by atoms with Crippen molar-refractivity contribution in [1.82, 2.24) is 0 Å². The highest BCUT2D eigenvalue weighted by molar-refractivity contribution is 5.85. The molecule has 2 unspecified atom stereocenters. The van der Waals surface area contributed by atoms with Crippen molar-refractivity contribution >= 4 is 11.9 Å². The Labute approximate surface area is 154 Å². The lowest BCUT2D eigenvalue weighted by Gasteiger charge is -2.37. The SMILES string of the molecule is CCCCCCCCOC(=O)C1CCCCC1(C)C(=O)OCC(C)C. The van der Waals surface area contributed by atoms with E-state index < -0.39 is 5.41 Å². The Morgan fingerprint density at radius 3 is 2.40 bits per heavy atom. The maximum Gasteiger partial charge on any atom is 0.312 e. The Morgan fingerprint density at radius 2 is 1.72 bits per heavy atom. The smallest absolute Gasteiger partial charge is 0.312 e. The normalized spacial score (nSPS) is 23.5. The molecule has 0 aliphatic heterocycles. The van der Waals surface area contributed by atoms with Gasteiger partial charge in [-0.3, -0.25) is 9.59 Å². The first-order valence-electron chi connectivity index (χ1n) is 10.3. The van der Waals surface area contributed by atoms with Crippen molar-refractivity contribution in [3.05, 3.63) is 0 Å². The standard InChI is InChI=1S/C21H38O4/c1-5-6-7-8-9-12-15-24-19(22)18-13-10-11-14-21(18,4)20(23)25-16-17(2)3/h17-18H,5-16H2,1-4H3. The third kappa shape index (κ3) is 7.37. The molecule has 1 rings (SSSR count). The van der Waals surface area contributed by atoms with Crippen LogP contribution < -0.4 is 0 Å². The number of ether oxygens (including phenoxy) is 2. The maximum absolute atomic E-state index is 12.6. The van der Waals surface area contributed by atoms with Crippen LogP contribution in [0.1, 0.15) is 91.9 Å². The Hall–Kier alpha value is -1.06. The zero-order chi connectivity index (χ0) is 18.7. The summed E-state index contributed by atoms with van der Waals surface area (Å²) in [6, 6.07) is 0. The monoisotopic (exact) mass is 354 g/mol. The Balaban J connectivity index is 2.46. The predicted octanol–water partition coefficient (Wildman–Crippen LogP) is 5.29. The van der Waals surface area contributed by atoms with Crippen LogP contribution in [0.5, 0.6) is 0 Å². The maximum atomic E-state index is 12.6. The van der Waals surface area contributed by atoms with Crippen LogP contribution in [-0.4, -0.2) is 25.2 Å². The average molecular weight is 355 g/mol. The van der Waals surface area contributed by atoms with Crippen molar-refractivity contribution in [2.45, 2.75) is 91.9 Å². The summed E-state index contributed by atoms with van der Waals surface area (Å²) in [4.78, 5) is 25.1. The van der Waals surface area contributed by atoms with Crippen LogP contribution in [0, 0.1) is 17.3 Å². The van der Waals surface area contributed by atoms with Gasteiger partial charge in [0, 0.05) is 0 Å². The number of hydrogen-bond acceptors (Lipinski definition) is 4. The summed E-state index contributed by atoms with van der Waals surface area (Å²) in [6.45, 7) is 9.00. The van der Waals surface area contributed by atoms with Gasteiger partial charge in [-0.1, -0.05) is 65.7 Å². The molecule has 0 aromatic heterocycles. The first kappa shape index (κ1) is 22.0. The van der Waals surface area contributed by atoms with E-state index in [1.807, 2.05) is 20.8 Å². The highest BCUT2D eigenvalue weighted by Gasteiger charge is 2.48. The minimum atomic E-state index is -0.731. The lowest BCUT2D eigenvalue weighted by molar-refractivity contribution is -0.172. The first-order chi connectivity index (χ1) is 11.9. The minimum Gasteiger partial charge on any atom is -0.465 e.